The van der Waals surface area contributed by atoms with E-state index in [0.29, 0.717) is 15.2 Å². The predicted molar refractivity (Wildman–Crippen MR) is 129 cm³/mol. The Balaban J connectivity index is 1.43. The summed E-state index contributed by atoms with van der Waals surface area (Å²) in [5.41, 5.74) is 3.33. The zero-order chi connectivity index (χ0) is 21.6. The van der Waals surface area contributed by atoms with Crippen LogP contribution in [0.15, 0.2) is 83.2 Å². The van der Waals surface area contributed by atoms with E-state index in [1.54, 1.807) is 60.0 Å². The van der Waals surface area contributed by atoms with Gasteiger partial charge in [-0.1, -0.05) is 53.4 Å². The van der Waals surface area contributed by atoms with Gasteiger partial charge in [0, 0.05) is 17.0 Å². The third-order valence-corrected chi connectivity index (χ3v) is 6.89. The molecule has 0 saturated heterocycles. The van der Waals surface area contributed by atoms with Crippen molar-refractivity contribution in [2.24, 2.45) is 0 Å². The molecule has 156 valence electrons. The molecule has 1 aromatic heterocycles. The molecule has 0 atom stereocenters. The molecule has 0 aliphatic carbocycles. The summed E-state index contributed by atoms with van der Waals surface area (Å²) in [7, 11) is 1.61. The fourth-order valence-corrected chi connectivity index (χ4v) is 5.15. The molecule has 0 unspecified atom stereocenters. The van der Waals surface area contributed by atoms with Gasteiger partial charge in [-0.15, -0.1) is 5.10 Å². The van der Waals surface area contributed by atoms with Gasteiger partial charge in [-0.25, -0.2) is 4.68 Å². The lowest BCUT2D eigenvalue weighted by molar-refractivity contribution is 0.102. The molecule has 8 heteroatoms. The van der Waals surface area contributed by atoms with E-state index in [1.807, 2.05) is 30.3 Å². The van der Waals surface area contributed by atoms with Crippen molar-refractivity contribution in [1.29, 1.82) is 0 Å². The number of nitrogens with one attached hydrogen (secondary N) is 1. The van der Waals surface area contributed by atoms with E-state index in [0.717, 1.165) is 21.5 Å². The number of aromatic nitrogens is 2. The lowest BCUT2D eigenvalue weighted by Crippen LogP contribution is -2.12. The summed E-state index contributed by atoms with van der Waals surface area (Å²) in [6.45, 7) is 0. The first-order chi connectivity index (χ1) is 15.1. The van der Waals surface area contributed by atoms with Gasteiger partial charge in [-0.2, -0.15) is 0 Å². The van der Waals surface area contributed by atoms with Crippen LogP contribution in [0.25, 0.3) is 5.69 Å². The van der Waals surface area contributed by atoms with Gasteiger partial charge < -0.3 is 10.1 Å². The number of hydrogen-bond donors (Lipinski definition) is 1. The SMILES string of the molecule is COc1ccc(NC(=O)c2ccc(-n3nc(SCc4ccccc4)sc3=S)cc2)cc1. The molecule has 1 N–H and O–H groups in total. The van der Waals surface area contributed by atoms with Crippen molar-refractivity contribution in [1.82, 2.24) is 9.78 Å². The molecule has 0 aliphatic heterocycles. The third-order valence-electron chi connectivity index (χ3n) is 4.46. The number of anilines is 1. The highest BCUT2D eigenvalue weighted by Gasteiger charge is 2.10. The maximum Gasteiger partial charge on any atom is 0.255 e. The molecule has 31 heavy (non-hydrogen) atoms. The van der Waals surface area contributed by atoms with E-state index in [9.17, 15) is 4.79 Å². The second-order valence-corrected chi connectivity index (χ2v) is 9.39. The first-order valence-corrected chi connectivity index (χ1v) is 11.7. The van der Waals surface area contributed by atoms with Crippen molar-refractivity contribution in [3.05, 3.63) is 93.9 Å². The monoisotopic (exact) mass is 465 g/mol. The van der Waals surface area contributed by atoms with Crippen molar-refractivity contribution >= 4 is 46.9 Å². The average molecular weight is 466 g/mol. The van der Waals surface area contributed by atoms with Gasteiger partial charge >= 0.3 is 0 Å². The third kappa shape index (κ3) is 5.41. The fourth-order valence-electron chi connectivity index (χ4n) is 2.83. The van der Waals surface area contributed by atoms with E-state index >= 15 is 0 Å². The molecule has 0 radical (unpaired) electrons. The Morgan fingerprint density at radius 1 is 1.06 bits per heavy atom. The summed E-state index contributed by atoms with van der Waals surface area (Å²) in [6.07, 6.45) is 0. The van der Waals surface area contributed by atoms with Crippen molar-refractivity contribution in [2.45, 2.75) is 10.1 Å². The highest BCUT2D eigenvalue weighted by molar-refractivity contribution is 8.00. The highest BCUT2D eigenvalue weighted by atomic mass is 32.2. The molecule has 0 fully saturated rings. The average Bonchev–Trinajstić information content (AvgIpc) is 3.19. The van der Waals surface area contributed by atoms with E-state index in [1.165, 1.54) is 16.9 Å². The predicted octanol–water partition coefficient (Wildman–Crippen LogP) is 6.22. The van der Waals surface area contributed by atoms with Crippen molar-refractivity contribution in [3.63, 3.8) is 0 Å². The Morgan fingerprint density at radius 3 is 2.45 bits per heavy atom. The minimum absolute atomic E-state index is 0.183. The van der Waals surface area contributed by atoms with Crippen LogP contribution in [0.5, 0.6) is 5.75 Å². The van der Waals surface area contributed by atoms with Crippen LogP contribution in [-0.4, -0.2) is 22.8 Å². The zero-order valence-corrected chi connectivity index (χ0v) is 19.1. The Labute approximate surface area is 193 Å². The van der Waals surface area contributed by atoms with E-state index in [4.69, 9.17) is 17.0 Å². The van der Waals surface area contributed by atoms with Crippen LogP contribution in [0.1, 0.15) is 15.9 Å². The van der Waals surface area contributed by atoms with Crippen molar-refractivity contribution in [3.8, 4) is 11.4 Å². The van der Waals surface area contributed by atoms with E-state index in [2.05, 4.69) is 22.5 Å². The largest absolute Gasteiger partial charge is 0.497 e. The molecule has 3 aromatic carbocycles. The molecule has 5 nitrogen and oxygen atoms in total. The van der Waals surface area contributed by atoms with Gasteiger partial charge in [0.1, 0.15) is 5.75 Å². The Kier molecular flexibility index (Phi) is 6.81. The molecule has 4 aromatic rings. The number of hydrogen-bond acceptors (Lipinski definition) is 6. The van der Waals surface area contributed by atoms with Crippen LogP contribution in [0, 0.1) is 3.95 Å². The van der Waals surface area contributed by atoms with Gasteiger partial charge in [-0.3, -0.25) is 4.79 Å². The van der Waals surface area contributed by atoms with Crippen molar-refractivity contribution in [2.75, 3.05) is 12.4 Å². The van der Waals surface area contributed by atoms with Gasteiger partial charge in [-0.05, 0) is 66.3 Å². The Bertz CT molecular complexity index is 1220. The minimum Gasteiger partial charge on any atom is -0.497 e. The second kappa shape index (κ2) is 9.91. The Hall–Kier alpha value is -2.94. The van der Waals surface area contributed by atoms with Crippen molar-refractivity contribution < 1.29 is 9.53 Å². The molecule has 0 bridgehead atoms. The summed E-state index contributed by atoms with van der Waals surface area (Å²) >= 11 is 8.64. The normalized spacial score (nSPS) is 10.6. The maximum atomic E-state index is 12.5. The number of thioether (sulfide) groups is 1. The van der Waals surface area contributed by atoms with Gasteiger partial charge in [0.25, 0.3) is 5.91 Å². The lowest BCUT2D eigenvalue weighted by Gasteiger charge is -2.07. The van der Waals surface area contributed by atoms with Crippen LogP contribution in [-0.2, 0) is 5.75 Å². The Morgan fingerprint density at radius 2 is 1.77 bits per heavy atom. The molecule has 0 aliphatic rings. The number of ether oxygens (including phenoxy) is 1. The fraction of sp³-hybridized carbons (Fsp3) is 0.0870. The summed E-state index contributed by atoms with van der Waals surface area (Å²) in [6, 6.07) is 24.7. The molecule has 1 heterocycles. The smallest absolute Gasteiger partial charge is 0.255 e. The summed E-state index contributed by atoms with van der Waals surface area (Å²) in [4.78, 5) is 12.5. The molecular weight excluding hydrogens is 446 g/mol. The summed E-state index contributed by atoms with van der Waals surface area (Å²) < 4.78 is 8.45. The summed E-state index contributed by atoms with van der Waals surface area (Å²) in [5, 5.41) is 7.51. The standard InChI is InChI=1S/C23H19N3O2S3/c1-28-20-13-9-18(10-14-20)24-21(27)17-7-11-19(12-8-17)26-23(29)31-22(25-26)30-15-16-5-3-2-4-6-16/h2-14H,15H2,1H3,(H,24,27). The minimum atomic E-state index is -0.183. The van der Waals surface area contributed by atoms with Crippen LogP contribution in [0.2, 0.25) is 0 Å². The molecule has 0 spiro atoms. The number of methoxy groups -OCH3 is 1. The van der Waals surface area contributed by atoms with Crippen LogP contribution < -0.4 is 10.1 Å². The van der Waals surface area contributed by atoms with Crippen LogP contribution in [0.3, 0.4) is 0 Å². The highest BCUT2D eigenvalue weighted by Crippen LogP contribution is 2.27. The number of amides is 1. The molecule has 4 rings (SSSR count). The van der Waals surface area contributed by atoms with Crippen LogP contribution in [0.4, 0.5) is 5.69 Å². The zero-order valence-electron chi connectivity index (χ0n) is 16.6. The first-order valence-electron chi connectivity index (χ1n) is 9.45. The molecule has 0 saturated carbocycles. The van der Waals surface area contributed by atoms with E-state index < -0.39 is 0 Å². The maximum absolute atomic E-state index is 12.5. The van der Waals surface area contributed by atoms with Crippen LogP contribution >= 0.6 is 35.3 Å². The van der Waals surface area contributed by atoms with Gasteiger partial charge in [0.15, 0.2) is 8.29 Å². The van der Waals surface area contributed by atoms with Gasteiger partial charge in [0.2, 0.25) is 0 Å². The lowest BCUT2D eigenvalue weighted by atomic mass is 10.2. The number of rotatable bonds is 7. The molecule has 1 amide bonds. The van der Waals surface area contributed by atoms with E-state index in [-0.39, 0.29) is 5.91 Å². The summed E-state index contributed by atoms with van der Waals surface area (Å²) in [5.74, 6) is 1.40. The first kappa shape index (κ1) is 21.3. The number of carbonyl (C=O) groups is 1. The molecular formula is C23H19N3O2S3. The number of carbonyl (C=O) groups excluding carboxylic acids is 1. The second-order valence-electron chi connectivity index (χ2n) is 6.55. The van der Waals surface area contributed by atoms with Gasteiger partial charge in [0.05, 0.1) is 12.8 Å². The topological polar surface area (TPSA) is 56.1 Å². The number of benzene rings is 3. The number of nitrogens with zero attached hydrogens (tertiary/aromatic N) is 2. The quantitative estimate of drug-likeness (QED) is 0.259.